The molecule has 0 amide bonds. The molecule has 1 aromatic rings. The van der Waals surface area contributed by atoms with E-state index in [4.69, 9.17) is 9.47 Å². The summed E-state index contributed by atoms with van der Waals surface area (Å²) in [4.78, 5) is 2.80. The summed E-state index contributed by atoms with van der Waals surface area (Å²) in [5.74, 6) is 2.66. The first-order chi connectivity index (χ1) is 12.9. The number of hydrogen-bond acceptors (Lipinski definition) is 4. The van der Waals surface area contributed by atoms with Crippen LogP contribution in [0.5, 0.6) is 11.5 Å². The normalized spacial score (nSPS) is 44.6. The summed E-state index contributed by atoms with van der Waals surface area (Å²) in [5.41, 5.74) is 2.07. The van der Waals surface area contributed by atoms with Gasteiger partial charge in [-0.1, -0.05) is 13.0 Å². The molecule has 1 spiro atoms. The van der Waals surface area contributed by atoms with E-state index in [9.17, 15) is 5.11 Å². The lowest BCUT2D eigenvalue weighted by atomic mass is 9.42. The van der Waals surface area contributed by atoms with Crippen LogP contribution >= 0.6 is 0 Å². The van der Waals surface area contributed by atoms with Crippen LogP contribution in [0.3, 0.4) is 0 Å². The van der Waals surface area contributed by atoms with Crippen molar-refractivity contribution in [3.05, 3.63) is 23.3 Å². The van der Waals surface area contributed by atoms with E-state index in [0.717, 1.165) is 49.6 Å². The highest BCUT2D eigenvalue weighted by molar-refractivity contribution is 5.62. The second kappa shape index (κ2) is 5.01. The minimum atomic E-state index is -0.790. The summed E-state index contributed by atoms with van der Waals surface area (Å²) < 4.78 is 12.3. The number of piperidine rings is 1. The SMILES string of the molecule is COc1ccc2c3c1OC1C(C)(O)CCC4(C)C(C2)N(CC2CC2)CCC314. The minimum Gasteiger partial charge on any atom is -0.493 e. The van der Waals surface area contributed by atoms with Gasteiger partial charge in [-0.3, -0.25) is 4.90 Å². The van der Waals surface area contributed by atoms with Gasteiger partial charge in [-0.2, -0.15) is 0 Å². The van der Waals surface area contributed by atoms with E-state index >= 15 is 0 Å². The molecule has 146 valence electrons. The Morgan fingerprint density at radius 2 is 2.04 bits per heavy atom. The Morgan fingerprint density at radius 1 is 1.22 bits per heavy atom. The fourth-order valence-electron chi connectivity index (χ4n) is 7.30. The molecule has 0 aromatic heterocycles. The van der Waals surface area contributed by atoms with Gasteiger partial charge in [-0.05, 0) is 75.0 Å². The van der Waals surface area contributed by atoms with Gasteiger partial charge in [0.25, 0.3) is 0 Å². The fraction of sp³-hybridized carbons (Fsp3) is 0.739. The number of ether oxygens (including phenoxy) is 2. The first-order valence-corrected chi connectivity index (χ1v) is 10.7. The Morgan fingerprint density at radius 3 is 2.78 bits per heavy atom. The lowest BCUT2D eigenvalue weighted by Crippen LogP contribution is -2.74. The third-order valence-corrected chi connectivity index (χ3v) is 8.86. The van der Waals surface area contributed by atoms with Crippen LogP contribution in [0.1, 0.15) is 57.1 Å². The molecule has 27 heavy (non-hydrogen) atoms. The van der Waals surface area contributed by atoms with Gasteiger partial charge in [0.15, 0.2) is 11.5 Å². The van der Waals surface area contributed by atoms with Crippen molar-refractivity contribution in [2.24, 2.45) is 11.3 Å². The lowest BCUT2D eigenvalue weighted by molar-refractivity contribution is -0.188. The summed E-state index contributed by atoms with van der Waals surface area (Å²) in [6, 6.07) is 4.89. The molecule has 0 radical (unpaired) electrons. The van der Waals surface area contributed by atoms with Crippen LogP contribution in [-0.4, -0.2) is 48.0 Å². The number of benzene rings is 1. The molecule has 1 aromatic carbocycles. The highest BCUT2D eigenvalue weighted by Crippen LogP contribution is 2.70. The molecule has 5 aliphatic rings. The molecule has 1 N–H and O–H groups in total. The fourth-order valence-corrected chi connectivity index (χ4v) is 7.30. The monoisotopic (exact) mass is 369 g/mol. The largest absolute Gasteiger partial charge is 0.493 e. The molecular weight excluding hydrogens is 338 g/mol. The maximum atomic E-state index is 11.4. The first-order valence-electron chi connectivity index (χ1n) is 10.7. The zero-order valence-electron chi connectivity index (χ0n) is 16.8. The Balaban J connectivity index is 1.57. The average molecular weight is 370 g/mol. The van der Waals surface area contributed by atoms with Gasteiger partial charge in [-0.15, -0.1) is 0 Å². The highest BCUT2D eigenvalue weighted by Gasteiger charge is 2.73. The Hall–Kier alpha value is -1.26. The predicted octanol–water partition coefficient (Wildman–Crippen LogP) is 3.29. The number of rotatable bonds is 3. The quantitative estimate of drug-likeness (QED) is 0.888. The molecule has 2 heterocycles. The van der Waals surface area contributed by atoms with Crippen molar-refractivity contribution in [2.45, 2.75) is 75.5 Å². The van der Waals surface area contributed by atoms with Gasteiger partial charge in [0.05, 0.1) is 12.7 Å². The zero-order chi connectivity index (χ0) is 18.6. The maximum Gasteiger partial charge on any atom is 0.165 e. The van der Waals surface area contributed by atoms with Crippen molar-refractivity contribution in [3.8, 4) is 11.5 Å². The van der Waals surface area contributed by atoms with E-state index in [0.29, 0.717) is 6.04 Å². The Kier molecular flexibility index (Phi) is 3.10. The third-order valence-electron chi connectivity index (χ3n) is 8.86. The summed E-state index contributed by atoms with van der Waals surface area (Å²) >= 11 is 0. The minimum absolute atomic E-state index is 0.0864. The molecule has 3 aliphatic carbocycles. The van der Waals surface area contributed by atoms with E-state index < -0.39 is 5.60 Å². The molecule has 3 fully saturated rings. The molecule has 6 rings (SSSR count). The van der Waals surface area contributed by atoms with E-state index in [2.05, 4.69) is 24.0 Å². The summed E-state index contributed by atoms with van der Waals surface area (Å²) in [6.07, 6.45) is 6.72. The topological polar surface area (TPSA) is 41.9 Å². The van der Waals surface area contributed by atoms with E-state index in [-0.39, 0.29) is 16.9 Å². The van der Waals surface area contributed by atoms with Gasteiger partial charge in [0.2, 0.25) is 0 Å². The van der Waals surface area contributed by atoms with Gasteiger partial charge >= 0.3 is 0 Å². The molecule has 5 atom stereocenters. The van der Waals surface area contributed by atoms with Gasteiger partial charge in [-0.25, -0.2) is 0 Å². The highest BCUT2D eigenvalue weighted by atomic mass is 16.5. The Bertz CT molecular complexity index is 816. The maximum absolute atomic E-state index is 11.4. The van der Waals surface area contributed by atoms with Crippen LogP contribution in [0.25, 0.3) is 0 Å². The van der Waals surface area contributed by atoms with Gasteiger partial charge < -0.3 is 14.6 Å². The number of aliphatic hydroxyl groups is 1. The van der Waals surface area contributed by atoms with Crippen LogP contribution in [-0.2, 0) is 11.8 Å². The molecule has 4 nitrogen and oxygen atoms in total. The number of likely N-dealkylation sites (tertiary alicyclic amines) is 1. The van der Waals surface area contributed by atoms with Crippen molar-refractivity contribution in [1.82, 2.24) is 4.90 Å². The van der Waals surface area contributed by atoms with Crippen molar-refractivity contribution >= 4 is 0 Å². The van der Waals surface area contributed by atoms with Crippen molar-refractivity contribution < 1.29 is 14.6 Å². The van der Waals surface area contributed by atoms with Crippen molar-refractivity contribution in [2.75, 3.05) is 20.2 Å². The molecule has 4 heteroatoms. The molecule has 2 bridgehead atoms. The van der Waals surface area contributed by atoms with Gasteiger partial charge in [0.1, 0.15) is 6.10 Å². The van der Waals surface area contributed by atoms with E-state index in [1.165, 1.54) is 30.5 Å². The van der Waals surface area contributed by atoms with Crippen LogP contribution in [0, 0.1) is 11.3 Å². The zero-order valence-corrected chi connectivity index (χ0v) is 16.8. The second-order valence-electron chi connectivity index (χ2n) is 10.3. The second-order valence-corrected chi connectivity index (χ2v) is 10.3. The summed E-state index contributed by atoms with van der Waals surface area (Å²) in [7, 11) is 1.72. The average Bonchev–Trinajstić information content (AvgIpc) is 3.37. The third kappa shape index (κ3) is 1.87. The predicted molar refractivity (Wildman–Crippen MR) is 103 cm³/mol. The number of hydrogen-bond donors (Lipinski definition) is 1. The van der Waals surface area contributed by atoms with Crippen LogP contribution in [0.4, 0.5) is 0 Å². The molecule has 1 saturated heterocycles. The number of methoxy groups -OCH3 is 1. The number of nitrogens with zero attached hydrogens (tertiary/aromatic N) is 1. The molecule has 2 saturated carbocycles. The van der Waals surface area contributed by atoms with E-state index in [1.807, 2.05) is 6.92 Å². The lowest BCUT2D eigenvalue weighted by Gasteiger charge is -2.66. The molecular formula is C23H31NO3. The van der Waals surface area contributed by atoms with Crippen LogP contribution in [0.15, 0.2) is 12.1 Å². The van der Waals surface area contributed by atoms with Crippen LogP contribution in [0.2, 0.25) is 0 Å². The van der Waals surface area contributed by atoms with Gasteiger partial charge in [0, 0.05) is 23.6 Å². The standard InChI is InChI=1S/C23H31NO3/c1-21-8-9-22(2,25)20-23(21)10-11-24(13-14-4-5-14)17(21)12-15-6-7-16(26-3)19(27-20)18(15)23/h6-7,14,17,20,25H,4-5,8-13H2,1-3H3. The first kappa shape index (κ1) is 16.7. The van der Waals surface area contributed by atoms with Crippen molar-refractivity contribution in [3.63, 3.8) is 0 Å². The van der Waals surface area contributed by atoms with Crippen molar-refractivity contribution in [1.29, 1.82) is 0 Å². The molecule has 5 unspecified atom stereocenters. The summed E-state index contributed by atoms with van der Waals surface area (Å²) in [6.45, 7) is 6.88. The van der Waals surface area contributed by atoms with E-state index in [1.54, 1.807) is 7.11 Å². The van der Waals surface area contributed by atoms with Crippen LogP contribution < -0.4 is 9.47 Å². The Labute approximate surface area is 161 Å². The molecule has 2 aliphatic heterocycles. The smallest absolute Gasteiger partial charge is 0.165 e. The summed E-state index contributed by atoms with van der Waals surface area (Å²) in [5, 5.41) is 11.4.